The standard InChI is InChI=1S/C18H27NO/c1-14-5-4-10-18(19,11-8-14)13-15-9-12-20-17-7-3-2-6-16(15)17/h2-3,6-7,14-15H,4-5,8-13,19H2,1H3. The third-order valence-electron chi connectivity index (χ3n) is 5.24. The number of rotatable bonds is 2. The van der Waals surface area contributed by atoms with Crippen LogP contribution in [0.1, 0.15) is 63.4 Å². The number of benzene rings is 1. The van der Waals surface area contributed by atoms with Crippen LogP contribution in [-0.2, 0) is 0 Å². The minimum Gasteiger partial charge on any atom is -0.493 e. The van der Waals surface area contributed by atoms with E-state index in [4.69, 9.17) is 10.5 Å². The van der Waals surface area contributed by atoms with Gasteiger partial charge in [0.1, 0.15) is 5.75 Å². The van der Waals surface area contributed by atoms with Crippen molar-refractivity contribution in [2.24, 2.45) is 11.7 Å². The Morgan fingerprint density at radius 3 is 2.95 bits per heavy atom. The fraction of sp³-hybridized carbons (Fsp3) is 0.667. The lowest BCUT2D eigenvalue weighted by atomic mass is 9.77. The predicted molar refractivity (Wildman–Crippen MR) is 83.1 cm³/mol. The maximum atomic E-state index is 6.77. The molecule has 3 atom stereocenters. The Kier molecular flexibility index (Phi) is 4.02. The van der Waals surface area contributed by atoms with Crippen LogP contribution >= 0.6 is 0 Å². The summed E-state index contributed by atoms with van der Waals surface area (Å²) in [5, 5.41) is 0. The van der Waals surface area contributed by atoms with E-state index in [1.807, 2.05) is 0 Å². The van der Waals surface area contributed by atoms with Gasteiger partial charge in [0.25, 0.3) is 0 Å². The summed E-state index contributed by atoms with van der Waals surface area (Å²) >= 11 is 0. The predicted octanol–water partition coefficient (Wildman–Crippen LogP) is 4.24. The van der Waals surface area contributed by atoms with E-state index in [0.717, 1.165) is 31.1 Å². The third kappa shape index (κ3) is 3.01. The zero-order chi connectivity index (χ0) is 14.0. The van der Waals surface area contributed by atoms with Gasteiger partial charge in [-0.25, -0.2) is 0 Å². The lowest BCUT2D eigenvalue weighted by Crippen LogP contribution is -2.41. The Labute approximate surface area is 122 Å². The van der Waals surface area contributed by atoms with Crippen molar-refractivity contribution >= 4 is 0 Å². The molecule has 0 saturated heterocycles. The molecule has 2 aliphatic rings. The first-order chi connectivity index (χ1) is 9.66. The average Bonchev–Trinajstić information content (AvgIpc) is 2.61. The Morgan fingerprint density at radius 1 is 1.20 bits per heavy atom. The van der Waals surface area contributed by atoms with Gasteiger partial charge in [0.2, 0.25) is 0 Å². The molecule has 2 heteroatoms. The highest BCUT2D eigenvalue weighted by atomic mass is 16.5. The van der Waals surface area contributed by atoms with Gasteiger partial charge in [-0.1, -0.05) is 38.0 Å². The first-order valence-electron chi connectivity index (χ1n) is 8.17. The lowest BCUT2D eigenvalue weighted by Gasteiger charge is -2.35. The quantitative estimate of drug-likeness (QED) is 0.818. The monoisotopic (exact) mass is 273 g/mol. The molecule has 1 fully saturated rings. The molecule has 3 rings (SSSR count). The maximum Gasteiger partial charge on any atom is 0.122 e. The van der Waals surface area contributed by atoms with E-state index in [-0.39, 0.29) is 5.54 Å². The van der Waals surface area contributed by atoms with E-state index in [1.165, 1.54) is 37.7 Å². The van der Waals surface area contributed by atoms with Crippen LogP contribution in [0.4, 0.5) is 0 Å². The van der Waals surface area contributed by atoms with E-state index in [9.17, 15) is 0 Å². The molecule has 0 amide bonds. The molecule has 1 aromatic carbocycles. The Balaban J connectivity index is 1.74. The van der Waals surface area contributed by atoms with Crippen molar-refractivity contribution in [1.29, 1.82) is 0 Å². The van der Waals surface area contributed by atoms with Gasteiger partial charge in [-0.2, -0.15) is 0 Å². The molecule has 1 heterocycles. The van der Waals surface area contributed by atoms with Gasteiger partial charge in [0.15, 0.2) is 0 Å². The van der Waals surface area contributed by atoms with Gasteiger partial charge in [0, 0.05) is 5.54 Å². The summed E-state index contributed by atoms with van der Waals surface area (Å²) in [4.78, 5) is 0. The molecule has 1 aromatic rings. The van der Waals surface area contributed by atoms with Crippen LogP contribution in [0.5, 0.6) is 5.75 Å². The van der Waals surface area contributed by atoms with Gasteiger partial charge < -0.3 is 10.5 Å². The molecule has 0 spiro atoms. The average molecular weight is 273 g/mol. The molecule has 2 N–H and O–H groups in total. The largest absolute Gasteiger partial charge is 0.493 e. The van der Waals surface area contributed by atoms with Crippen molar-refractivity contribution in [1.82, 2.24) is 0 Å². The molecule has 1 aliphatic heterocycles. The molecule has 3 unspecified atom stereocenters. The molecule has 0 bridgehead atoms. The molecular weight excluding hydrogens is 246 g/mol. The highest BCUT2D eigenvalue weighted by Crippen LogP contribution is 2.41. The molecule has 110 valence electrons. The summed E-state index contributed by atoms with van der Waals surface area (Å²) in [6.07, 6.45) is 8.56. The maximum absolute atomic E-state index is 6.77. The number of para-hydroxylation sites is 1. The van der Waals surface area contributed by atoms with Crippen LogP contribution in [-0.4, -0.2) is 12.1 Å². The zero-order valence-electron chi connectivity index (χ0n) is 12.6. The second kappa shape index (κ2) is 5.77. The topological polar surface area (TPSA) is 35.2 Å². The van der Waals surface area contributed by atoms with Gasteiger partial charge >= 0.3 is 0 Å². The van der Waals surface area contributed by atoms with E-state index < -0.39 is 0 Å². The minimum absolute atomic E-state index is 0.0415. The molecule has 0 radical (unpaired) electrons. The van der Waals surface area contributed by atoms with Gasteiger partial charge in [0.05, 0.1) is 6.61 Å². The van der Waals surface area contributed by atoms with E-state index in [1.54, 1.807) is 0 Å². The first-order valence-corrected chi connectivity index (χ1v) is 8.17. The van der Waals surface area contributed by atoms with Gasteiger partial charge in [-0.05, 0) is 55.6 Å². The summed E-state index contributed by atoms with van der Waals surface area (Å²) in [5.74, 6) is 2.51. The number of ether oxygens (including phenoxy) is 1. The van der Waals surface area contributed by atoms with Crippen molar-refractivity contribution in [3.63, 3.8) is 0 Å². The summed E-state index contributed by atoms with van der Waals surface area (Å²) in [7, 11) is 0. The SMILES string of the molecule is CC1CCCC(N)(CC2CCOc3ccccc32)CC1. The first kappa shape index (κ1) is 13.9. The van der Waals surface area contributed by atoms with E-state index in [0.29, 0.717) is 5.92 Å². The van der Waals surface area contributed by atoms with Crippen molar-refractivity contribution in [2.75, 3.05) is 6.61 Å². The van der Waals surface area contributed by atoms with Crippen LogP contribution in [0.3, 0.4) is 0 Å². The normalized spacial score (nSPS) is 33.9. The number of hydrogen-bond donors (Lipinski definition) is 1. The highest BCUT2D eigenvalue weighted by molar-refractivity contribution is 5.38. The zero-order valence-corrected chi connectivity index (χ0v) is 12.6. The summed E-state index contributed by atoms with van der Waals surface area (Å²) in [6.45, 7) is 3.21. The van der Waals surface area contributed by atoms with Crippen molar-refractivity contribution in [2.45, 2.75) is 63.3 Å². The summed E-state index contributed by atoms with van der Waals surface area (Å²) < 4.78 is 5.78. The smallest absolute Gasteiger partial charge is 0.122 e. The lowest BCUT2D eigenvalue weighted by molar-refractivity contribution is 0.233. The van der Waals surface area contributed by atoms with Gasteiger partial charge in [-0.3, -0.25) is 0 Å². The van der Waals surface area contributed by atoms with Crippen molar-refractivity contribution in [3.8, 4) is 5.75 Å². The van der Waals surface area contributed by atoms with E-state index in [2.05, 4.69) is 31.2 Å². The van der Waals surface area contributed by atoms with Crippen molar-refractivity contribution in [3.05, 3.63) is 29.8 Å². The molecule has 0 aromatic heterocycles. The second-order valence-corrected chi connectivity index (χ2v) is 6.97. The number of fused-ring (bicyclic) bond motifs is 1. The highest BCUT2D eigenvalue weighted by Gasteiger charge is 2.33. The second-order valence-electron chi connectivity index (χ2n) is 6.97. The van der Waals surface area contributed by atoms with Gasteiger partial charge in [-0.15, -0.1) is 0 Å². The Morgan fingerprint density at radius 2 is 2.05 bits per heavy atom. The molecule has 20 heavy (non-hydrogen) atoms. The van der Waals surface area contributed by atoms with Crippen molar-refractivity contribution < 1.29 is 4.74 Å². The molecule has 1 saturated carbocycles. The molecule has 2 nitrogen and oxygen atoms in total. The summed E-state index contributed by atoms with van der Waals surface area (Å²) in [5.41, 5.74) is 8.19. The van der Waals surface area contributed by atoms with Crippen LogP contribution in [0.25, 0.3) is 0 Å². The van der Waals surface area contributed by atoms with Crippen LogP contribution in [0.2, 0.25) is 0 Å². The fourth-order valence-corrected chi connectivity index (χ4v) is 3.93. The van der Waals surface area contributed by atoms with Crippen LogP contribution < -0.4 is 10.5 Å². The van der Waals surface area contributed by atoms with E-state index >= 15 is 0 Å². The Hall–Kier alpha value is -1.02. The molecule has 1 aliphatic carbocycles. The summed E-state index contributed by atoms with van der Waals surface area (Å²) in [6, 6.07) is 8.51. The van der Waals surface area contributed by atoms with Crippen LogP contribution in [0, 0.1) is 5.92 Å². The third-order valence-corrected chi connectivity index (χ3v) is 5.24. The number of nitrogens with two attached hydrogens (primary N) is 1. The van der Waals surface area contributed by atoms with Crippen LogP contribution in [0.15, 0.2) is 24.3 Å². The Bertz CT molecular complexity index is 458. The molecular formula is C18H27NO. The fourth-order valence-electron chi connectivity index (χ4n) is 3.93. The number of hydrogen-bond acceptors (Lipinski definition) is 2. The minimum atomic E-state index is 0.0415.